The minimum Gasteiger partial charge on any atom is -0.421 e. The molecule has 0 aromatic heterocycles. The molecule has 19 heavy (non-hydrogen) atoms. The molecule has 4 atom stereocenters. The van der Waals surface area contributed by atoms with E-state index in [2.05, 4.69) is 13.0 Å². The van der Waals surface area contributed by atoms with Crippen molar-refractivity contribution in [2.45, 2.75) is 51.2 Å². The van der Waals surface area contributed by atoms with Crippen molar-refractivity contribution in [1.82, 2.24) is 0 Å². The number of ether oxygens (including phenoxy) is 2. The number of carbonyl (C=O) groups is 2. The summed E-state index contributed by atoms with van der Waals surface area (Å²) in [5.74, 6) is -1.20. The molecule has 102 valence electrons. The molecule has 2 aliphatic heterocycles. The molecule has 2 heterocycles. The number of hydrogen-bond acceptors (Lipinski definition) is 4. The van der Waals surface area contributed by atoms with Crippen molar-refractivity contribution in [3.05, 3.63) is 11.6 Å². The molecular weight excluding hydrogens is 244 g/mol. The summed E-state index contributed by atoms with van der Waals surface area (Å²) in [5.41, 5.74) is 0.271. The lowest BCUT2D eigenvalue weighted by molar-refractivity contribution is -0.223. The first kappa shape index (κ1) is 11.5. The van der Waals surface area contributed by atoms with Crippen LogP contribution in [-0.2, 0) is 19.1 Å². The summed E-state index contributed by atoms with van der Waals surface area (Å²) < 4.78 is 11.3. The maximum atomic E-state index is 12.2. The molecule has 0 unspecified atom stereocenters. The maximum absolute atomic E-state index is 12.2. The van der Waals surface area contributed by atoms with Gasteiger partial charge in [0.05, 0.1) is 11.3 Å². The first-order valence-corrected chi connectivity index (χ1v) is 7.31. The lowest BCUT2D eigenvalue weighted by Crippen LogP contribution is -2.50. The van der Waals surface area contributed by atoms with Crippen molar-refractivity contribution in [2.75, 3.05) is 0 Å². The van der Waals surface area contributed by atoms with Gasteiger partial charge in [-0.1, -0.05) is 19.4 Å². The molecule has 0 N–H and O–H groups in total. The Morgan fingerprint density at radius 2 is 2.21 bits per heavy atom. The fourth-order valence-electron chi connectivity index (χ4n) is 4.65. The number of hydrogen-bond donors (Lipinski definition) is 0. The minimum absolute atomic E-state index is 0.154. The molecule has 1 spiro atoms. The molecule has 2 saturated heterocycles. The van der Waals surface area contributed by atoms with E-state index in [0.29, 0.717) is 12.3 Å². The van der Waals surface area contributed by atoms with Gasteiger partial charge in [0.1, 0.15) is 0 Å². The van der Waals surface area contributed by atoms with Gasteiger partial charge in [0.15, 0.2) is 0 Å². The third kappa shape index (κ3) is 1.12. The van der Waals surface area contributed by atoms with Gasteiger partial charge >= 0.3 is 11.9 Å². The van der Waals surface area contributed by atoms with Crippen LogP contribution in [0.1, 0.15) is 45.4 Å². The van der Waals surface area contributed by atoms with Gasteiger partial charge in [0.25, 0.3) is 5.79 Å². The summed E-state index contributed by atoms with van der Waals surface area (Å²) in [5, 5.41) is 0. The van der Waals surface area contributed by atoms with Gasteiger partial charge in [0, 0.05) is 12.0 Å². The van der Waals surface area contributed by atoms with E-state index < -0.39 is 11.2 Å². The van der Waals surface area contributed by atoms with Crippen LogP contribution in [0.25, 0.3) is 0 Å². The van der Waals surface area contributed by atoms with Crippen LogP contribution in [0.3, 0.4) is 0 Å². The summed E-state index contributed by atoms with van der Waals surface area (Å²) in [7, 11) is 0. The lowest BCUT2D eigenvalue weighted by Gasteiger charge is -2.45. The van der Waals surface area contributed by atoms with E-state index in [4.69, 9.17) is 9.47 Å². The quantitative estimate of drug-likeness (QED) is 0.732. The van der Waals surface area contributed by atoms with Crippen LogP contribution in [-0.4, -0.2) is 17.7 Å². The predicted molar refractivity (Wildman–Crippen MR) is 65.8 cm³/mol. The molecule has 0 radical (unpaired) electrons. The fraction of sp³-hybridized carbons (Fsp3) is 0.733. The van der Waals surface area contributed by atoms with Gasteiger partial charge in [-0.3, -0.25) is 4.79 Å². The Balaban J connectivity index is 1.88. The normalized spacial score (nSPS) is 45.8. The first-order chi connectivity index (χ1) is 9.13. The van der Waals surface area contributed by atoms with Gasteiger partial charge in [0.2, 0.25) is 0 Å². The highest BCUT2D eigenvalue weighted by Gasteiger charge is 2.77. The second kappa shape index (κ2) is 3.41. The smallest absolute Gasteiger partial charge is 0.337 e. The van der Waals surface area contributed by atoms with Crippen molar-refractivity contribution >= 4 is 11.9 Å². The van der Waals surface area contributed by atoms with Crippen LogP contribution in [0, 0.1) is 17.3 Å². The van der Waals surface area contributed by atoms with Crippen molar-refractivity contribution in [3.63, 3.8) is 0 Å². The van der Waals surface area contributed by atoms with Gasteiger partial charge in [-0.2, -0.15) is 0 Å². The number of allylic oxidation sites excluding steroid dienone is 1. The number of esters is 2. The van der Waals surface area contributed by atoms with Crippen LogP contribution >= 0.6 is 0 Å². The third-order valence-corrected chi connectivity index (χ3v) is 5.49. The van der Waals surface area contributed by atoms with Gasteiger partial charge in [-0.25, -0.2) is 4.79 Å². The zero-order valence-electron chi connectivity index (χ0n) is 11.1. The zero-order valence-corrected chi connectivity index (χ0v) is 11.1. The highest BCUT2D eigenvalue weighted by atomic mass is 16.7. The van der Waals surface area contributed by atoms with E-state index in [1.54, 1.807) is 0 Å². The monoisotopic (exact) mass is 262 g/mol. The molecule has 3 fully saturated rings. The molecule has 0 amide bonds. The average Bonchev–Trinajstić information content (AvgIpc) is 2.80. The maximum Gasteiger partial charge on any atom is 0.337 e. The number of fused-ring (bicyclic) bond motifs is 1. The minimum atomic E-state index is -0.987. The Morgan fingerprint density at radius 1 is 1.37 bits per heavy atom. The first-order valence-electron chi connectivity index (χ1n) is 7.31. The Bertz CT molecular complexity index is 508. The molecule has 4 nitrogen and oxygen atoms in total. The van der Waals surface area contributed by atoms with Crippen molar-refractivity contribution < 1.29 is 19.1 Å². The molecule has 5 aliphatic rings. The van der Waals surface area contributed by atoms with Crippen molar-refractivity contribution in [3.8, 4) is 0 Å². The largest absolute Gasteiger partial charge is 0.421 e. The predicted octanol–water partition coefficient (Wildman–Crippen LogP) is 2.33. The number of unbranched alkanes of at least 4 members (excludes halogenated alkanes) is 1. The molecule has 3 aliphatic carbocycles. The second-order valence-electron chi connectivity index (χ2n) is 6.31. The van der Waals surface area contributed by atoms with E-state index in [1.165, 1.54) is 0 Å². The Morgan fingerprint density at radius 3 is 3.00 bits per heavy atom. The Hall–Kier alpha value is -1.32. The van der Waals surface area contributed by atoms with Gasteiger partial charge in [-0.15, -0.1) is 0 Å². The van der Waals surface area contributed by atoms with E-state index in [1.807, 2.05) is 0 Å². The molecule has 0 aromatic rings. The van der Waals surface area contributed by atoms with E-state index in [9.17, 15) is 9.59 Å². The van der Waals surface area contributed by atoms with Crippen LogP contribution in [0.2, 0.25) is 0 Å². The van der Waals surface area contributed by atoms with Crippen LogP contribution in [0.4, 0.5) is 0 Å². The van der Waals surface area contributed by atoms with Gasteiger partial charge in [-0.05, 0) is 31.6 Å². The summed E-state index contributed by atoms with van der Waals surface area (Å²) in [6, 6.07) is 0. The van der Waals surface area contributed by atoms with E-state index in [0.717, 1.165) is 37.7 Å². The number of rotatable bonds is 3. The second-order valence-corrected chi connectivity index (χ2v) is 6.31. The van der Waals surface area contributed by atoms with Crippen molar-refractivity contribution in [1.29, 1.82) is 0 Å². The van der Waals surface area contributed by atoms with Crippen molar-refractivity contribution in [2.24, 2.45) is 17.3 Å². The number of carbonyl (C=O) groups excluding carboxylic acids is 2. The summed E-state index contributed by atoms with van der Waals surface area (Å²) in [4.78, 5) is 24.4. The molecule has 2 bridgehead atoms. The average molecular weight is 262 g/mol. The topological polar surface area (TPSA) is 52.6 Å². The van der Waals surface area contributed by atoms with Gasteiger partial charge < -0.3 is 9.47 Å². The summed E-state index contributed by atoms with van der Waals surface area (Å²) >= 11 is 0. The standard InChI is InChI=1S/C15H18O4/c1-2-3-5-15-14-6-4-9(7-10(14)12(16)18-15)8-11(14)13(17)19-15/h7,9,11H,2-6,8H2,1H3/t9-,11-,14-,15+/m0/s1. The fourth-order valence-corrected chi connectivity index (χ4v) is 4.65. The highest BCUT2D eigenvalue weighted by molar-refractivity contribution is 5.97. The molecule has 5 rings (SSSR count). The SMILES string of the molecule is CCCC[C@]12OC(=O)C3=C[C@@H]4CC[C@@]31[C@@H](C4)C(=O)O2. The van der Waals surface area contributed by atoms with Crippen LogP contribution in [0.5, 0.6) is 0 Å². The molecule has 4 heteroatoms. The molecular formula is C15H18O4. The molecule has 0 aromatic carbocycles. The van der Waals surface area contributed by atoms with Crippen LogP contribution in [0.15, 0.2) is 11.6 Å². The zero-order chi connectivity index (χ0) is 13.3. The Kier molecular flexibility index (Phi) is 2.06. The van der Waals surface area contributed by atoms with E-state index in [-0.39, 0.29) is 17.9 Å². The lowest BCUT2D eigenvalue weighted by atomic mass is 9.53. The molecule has 1 saturated carbocycles. The summed E-state index contributed by atoms with van der Waals surface area (Å²) in [6.07, 6.45) is 7.33. The summed E-state index contributed by atoms with van der Waals surface area (Å²) in [6.45, 7) is 2.09. The van der Waals surface area contributed by atoms with Crippen LogP contribution < -0.4 is 0 Å². The van der Waals surface area contributed by atoms with E-state index >= 15 is 0 Å². The Labute approximate surface area is 112 Å². The third-order valence-electron chi connectivity index (χ3n) is 5.49. The highest BCUT2D eigenvalue weighted by Crippen LogP contribution is 2.69.